The molecule has 0 aliphatic heterocycles. The minimum absolute atomic E-state index is 0.194. The number of aryl methyl sites for hydroxylation is 2. The minimum atomic E-state index is -3.68. The van der Waals surface area contributed by atoms with Gasteiger partial charge in [-0.3, -0.25) is 9.12 Å². The fourth-order valence-corrected chi connectivity index (χ4v) is 4.97. The summed E-state index contributed by atoms with van der Waals surface area (Å²) in [7, 11) is -2.12. The summed E-state index contributed by atoms with van der Waals surface area (Å²) in [6.07, 6.45) is 1.99. The van der Waals surface area contributed by atoms with Gasteiger partial charge in [-0.25, -0.2) is 13.4 Å². The van der Waals surface area contributed by atoms with E-state index in [-0.39, 0.29) is 4.90 Å². The molecule has 144 valence electrons. The lowest BCUT2D eigenvalue weighted by Gasteiger charge is -2.11. The Morgan fingerprint density at radius 3 is 2.50 bits per heavy atom. The highest BCUT2D eigenvalue weighted by Gasteiger charge is 2.16. The molecule has 4 aromatic rings. The summed E-state index contributed by atoms with van der Waals surface area (Å²) in [4.78, 5) is 5.74. The molecule has 0 radical (unpaired) electrons. The third kappa shape index (κ3) is 3.36. The molecule has 28 heavy (non-hydrogen) atoms. The zero-order chi connectivity index (χ0) is 19.9. The van der Waals surface area contributed by atoms with Crippen LogP contribution in [0.2, 0.25) is 0 Å². The van der Waals surface area contributed by atoms with Crippen LogP contribution in [0, 0.1) is 13.8 Å². The Morgan fingerprint density at radius 1 is 1.11 bits per heavy atom. The molecule has 0 unspecified atom stereocenters. The molecule has 0 atom stereocenters. The van der Waals surface area contributed by atoms with E-state index in [0.717, 1.165) is 27.5 Å². The van der Waals surface area contributed by atoms with E-state index in [9.17, 15) is 8.42 Å². The van der Waals surface area contributed by atoms with E-state index in [1.54, 1.807) is 42.7 Å². The van der Waals surface area contributed by atoms with Gasteiger partial charge in [-0.1, -0.05) is 12.1 Å². The Hall–Kier alpha value is -2.84. The predicted molar refractivity (Wildman–Crippen MR) is 112 cm³/mol. The Bertz CT molecular complexity index is 1260. The number of benzene rings is 2. The number of hydrogen-bond acceptors (Lipinski definition) is 5. The lowest BCUT2D eigenvalue weighted by Crippen LogP contribution is -2.13. The number of imidazole rings is 1. The van der Waals surface area contributed by atoms with Crippen LogP contribution in [-0.2, 0) is 10.0 Å². The number of anilines is 1. The normalized spacial score (nSPS) is 11.7. The molecule has 2 aromatic heterocycles. The van der Waals surface area contributed by atoms with Crippen molar-refractivity contribution in [3.63, 3.8) is 0 Å². The second kappa shape index (κ2) is 6.96. The molecule has 2 heterocycles. The van der Waals surface area contributed by atoms with Crippen molar-refractivity contribution in [3.8, 4) is 17.0 Å². The molecule has 0 aliphatic carbocycles. The summed E-state index contributed by atoms with van der Waals surface area (Å²) in [6.45, 7) is 3.85. The van der Waals surface area contributed by atoms with Gasteiger partial charge in [0.25, 0.3) is 10.0 Å². The number of fused-ring (bicyclic) bond motifs is 1. The summed E-state index contributed by atoms with van der Waals surface area (Å²) < 4.78 is 35.2. The lowest BCUT2D eigenvalue weighted by atomic mass is 10.1. The predicted octanol–water partition coefficient (Wildman–Crippen LogP) is 4.49. The summed E-state index contributed by atoms with van der Waals surface area (Å²) in [5.74, 6) is 0.651. The highest BCUT2D eigenvalue weighted by molar-refractivity contribution is 7.92. The van der Waals surface area contributed by atoms with Gasteiger partial charge in [0, 0.05) is 28.5 Å². The first-order valence-electron chi connectivity index (χ1n) is 8.58. The summed E-state index contributed by atoms with van der Waals surface area (Å²) >= 11 is 1.59. The van der Waals surface area contributed by atoms with E-state index in [4.69, 9.17) is 4.74 Å². The molecule has 8 heteroatoms. The van der Waals surface area contributed by atoms with Crippen molar-refractivity contribution in [1.29, 1.82) is 0 Å². The first kappa shape index (κ1) is 18.5. The van der Waals surface area contributed by atoms with Crippen molar-refractivity contribution in [1.82, 2.24) is 9.38 Å². The van der Waals surface area contributed by atoms with Crippen LogP contribution >= 0.6 is 11.3 Å². The van der Waals surface area contributed by atoms with Gasteiger partial charge in [0.1, 0.15) is 5.75 Å². The SMILES string of the molecule is COc1ccc(S(=O)(=O)Nc2ccc(-c3cn4c(C)csc4n3)cc2)cc1C. The van der Waals surface area contributed by atoms with Crippen LogP contribution in [0.3, 0.4) is 0 Å². The number of sulfonamides is 1. The number of methoxy groups -OCH3 is 1. The first-order valence-corrected chi connectivity index (χ1v) is 10.9. The molecule has 0 fully saturated rings. The average Bonchev–Trinajstić information content (AvgIpc) is 3.24. The third-order valence-electron chi connectivity index (χ3n) is 4.50. The van der Waals surface area contributed by atoms with Gasteiger partial charge in [0.2, 0.25) is 0 Å². The number of nitrogens with one attached hydrogen (secondary N) is 1. The number of nitrogens with zero attached hydrogens (tertiary/aromatic N) is 2. The van der Waals surface area contributed by atoms with Crippen LogP contribution < -0.4 is 9.46 Å². The standard InChI is InChI=1S/C20H19N3O3S2/c1-13-10-17(8-9-19(13)26-3)28(24,25)22-16-6-4-15(5-7-16)18-11-23-14(2)12-27-20(23)21-18/h4-12,22H,1-3H3. The van der Waals surface area contributed by atoms with Crippen LogP contribution in [0.25, 0.3) is 16.2 Å². The van der Waals surface area contributed by atoms with Crippen LogP contribution in [0.5, 0.6) is 5.75 Å². The van der Waals surface area contributed by atoms with Crippen molar-refractivity contribution in [3.05, 3.63) is 65.3 Å². The second-order valence-electron chi connectivity index (χ2n) is 6.47. The molecule has 6 nitrogen and oxygen atoms in total. The quantitative estimate of drug-likeness (QED) is 0.523. The second-order valence-corrected chi connectivity index (χ2v) is 8.99. The molecular formula is C20H19N3O3S2. The lowest BCUT2D eigenvalue weighted by molar-refractivity contribution is 0.411. The van der Waals surface area contributed by atoms with Gasteiger partial charge >= 0.3 is 0 Å². The number of thiazole rings is 1. The Labute approximate surface area is 167 Å². The molecule has 0 aliphatic rings. The molecule has 0 bridgehead atoms. The molecule has 2 aromatic carbocycles. The van der Waals surface area contributed by atoms with Crippen molar-refractivity contribution in [2.45, 2.75) is 18.7 Å². The topological polar surface area (TPSA) is 72.7 Å². The largest absolute Gasteiger partial charge is 0.496 e. The summed E-state index contributed by atoms with van der Waals surface area (Å²) in [5, 5.41) is 2.06. The van der Waals surface area contributed by atoms with Crippen molar-refractivity contribution in [2.75, 3.05) is 11.8 Å². The Kier molecular flexibility index (Phi) is 4.60. The summed E-state index contributed by atoms with van der Waals surface area (Å²) in [5.41, 5.74) is 4.18. The van der Waals surface area contributed by atoms with Gasteiger partial charge < -0.3 is 4.74 Å². The molecular weight excluding hydrogens is 394 g/mol. The maximum atomic E-state index is 12.7. The van der Waals surface area contributed by atoms with E-state index in [1.807, 2.05) is 36.6 Å². The maximum absolute atomic E-state index is 12.7. The van der Waals surface area contributed by atoms with Crippen molar-refractivity contribution < 1.29 is 13.2 Å². The molecule has 0 spiro atoms. The molecule has 0 saturated carbocycles. The van der Waals surface area contributed by atoms with E-state index in [0.29, 0.717) is 11.4 Å². The average molecular weight is 414 g/mol. The van der Waals surface area contributed by atoms with E-state index in [2.05, 4.69) is 15.1 Å². The molecule has 4 rings (SSSR count). The summed E-state index contributed by atoms with van der Waals surface area (Å²) in [6, 6.07) is 12.0. The van der Waals surface area contributed by atoms with Crippen LogP contribution in [0.4, 0.5) is 5.69 Å². The maximum Gasteiger partial charge on any atom is 0.261 e. The zero-order valence-corrected chi connectivity index (χ0v) is 17.3. The van der Waals surface area contributed by atoms with Crippen LogP contribution in [-0.4, -0.2) is 24.9 Å². The van der Waals surface area contributed by atoms with Crippen molar-refractivity contribution in [2.24, 2.45) is 0 Å². The zero-order valence-electron chi connectivity index (χ0n) is 15.6. The Morgan fingerprint density at radius 2 is 1.86 bits per heavy atom. The van der Waals surface area contributed by atoms with Gasteiger partial charge in [-0.05, 0) is 49.7 Å². The van der Waals surface area contributed by atoms with Crippen LogP contribution in [0.1, 0.15) is 11.3 Å². The van der Waals surface area contributed by atoms with E-state index in [1.165, 1.54) is 6.07 Å². The fourth-order valence-electron chi connectivity index (χ4n) is 2.97. The minimum Gasteiger partial charge on any atom is -0.496 e. The highest BCUT2D eigenvalue weighted by atomic mass is 32.2. The van der Waals surface area contributed by atoms with Gasteiger partial charge in [0.15, 0.2) is 4.96 Å². The molecule has 0 amide bonds. The monoisotopic (exact) mass is 413 g/mol. The number of ether oxygens (including phenoxy) is 1. The van der Waals surface area contributed by atoms with Gasteiger partial charge in [-0.15, -0.1) is 11.3 Å². The Balaban J connectivity index is 1.57. The fraction of sp³-hybridized carbons (Fsp3) is 0.150. The molecule has 0 saturated heterocycles. The van der Waals surface area contributed by atoms with Crippen molar-refractivity contribution >= 4 is 32.0 Å². The van der Waals surface area contributed by atoms with E-state index >= 15 is 0 Å². The number of aromatic nitrogens is 2. The highest BCUT2D eigenvalue weighted by Crippen LogP contribution is 2.26. The van der Waals surface area contributed by atoms with Crippen LogP contribution in [0.15, 0.2) is 58.9 Å². The number of rotatable bonds is 5. The smallest absolute Gasteiger partial charge is 0.261 e. The molecule has 1 N–H and O–H groups in total. The number of hydrogen-bond donors (Lipinski definition) is 1. The van der Waals surface area contributed by atoms with E-state index < -0.39 is 10.0 Å². The third-order valence-corrected chi connectivity index (χ3v) is 6.83. The van der Waals surface area contributed by atoms with Gasteiger partial charge in [0.05, 0.1) is 17.7 Å². The van der Waals surface area contributed by atoms with Gasteiger partial charge in [-0.2, -0.15) is 0 Å². The first-order chi connectivity index (χ1) is 13.4.